The van der Waals surface area contributed by atoms with Crippen molar-refractivity contribution in [2.45, 2.75) is 50.2 Å². The van der Waals surface area contributed by atoms with Gasteiger partial charge < -0.3 is 4.90 Å². The summed E-state index contributed by atoms with van der Waals surface area (Å²) >= 11 is 0. The molecule has 1 aromatic heterocycles. The predicted octanol–water partition coefficient (Wildman–Crippen LogP) is 2.42. The van der Waals surface area contributed by atoms with Crippen LogP contribution in [0.25, 0.3) is 5.69 Å². The highest BCUT2D eigenvalue weighted by Gasteiger charge is 2.53. The molecule has 5 rings (SSSR count). The average Bonchev–Trinajstić information content (AvgIpc) is 3.04. The third-order valence-corrected chi connectivity index (χ3v) is 5.90. The van der Waals surface area contributed by atoms with Gasteiger partial charge in [0, 0.05) is 6.54 Å². The van der Waals surface area contributed by atoms with Crippen LogP contribution in [-0.4, -0.2) is 37.7 Å². The third kappa shape index (κ3) is 2.56. The number of benzene rings is 1. The van der Waals surface area contributed by atoms with Crippen LogP contribution in [0.2, 0.25) is 0 Å². The molecule has 1 amide bonds. The molecule has 6 nitrogen and oxygen atoms in total. The summed E-state index contributed by atoms with van der Waals surface area (Å²) in [6.07, 6.45) is 9.98. The molecule has 1 saturated heterocycles. The number of hydrogen-bond acceptors (Lipinski definition) is 4. The van der Waals surface area contributed by atoms with Crippen molar-refractivity contribution in [3.63, 3.8) is 0 Å². The number of amides is 1. The van der Waals surface area contributed by atoms with Gasteiger partial charge in [-0.25, -0.2) is 9.67 Å². The second-order valence-corrected chi connectivity index (χ2v) is 7.67. The van der Waals surface area contributed by atoms with Gasteiger partial charge in [0.1, 0.15) is 18.8 Å². The van der Waals surface area contributed by atoms with Crippen molar-refractivity contribution in [2.75, 3.05) is 6.54 Å². The highest BCUT2D eigenvalue weighted by Crippen LogP contribution is 2.43. The molecule has 1 aromatic carbocycles. The molecule has 1 spiro atoms. The molecule has 2 aromatic rings. The number of rotatable bonds is 4. The van der Waals surface area contributed by atoms with E-state index in [9.17, 15) is 4.79 Å². The van der Waals surface area contributed by atoms with Crippen LogP contribution in [0.4, 0.5) is 0 Å². The number of carbonyl (C=O) groups is 1. The molecule has 0 unspecified atom stereocenters. The number of nitrogens with zero attached hydrogens (tertiary/aromatic N) is 4. The van der Waals surface area contributed by atoms with Crippen molar-refractivity contribution in [2.24, 2.45) is 5.92 Å². The molecule has 2 aliphatic carbocycles. The molecular formula is C19H23N5O. The minimum atomic E-state index is -0.315. The highest BCUT2D eigenvalue weighted by atomic mass is 16.2. The Bertz CT molecular complexity index is 760. The van der Waals surface area contributed by atoms with E-state index >= 15 is 0 Å². The van der Waals surface area contributed by atoms with Gasteiger partial charge in [0.05, 0.1) is 11.2 Å². The van der Waals surface area contributed by atoms with E-state index in [-0.39, 0.29) is 11.7 Å². The molecule has 1 N–H and O–H groups in total. The lowest BCUT2D eigenvalue weighted by Crippen LogP contribution is -2.44. The Morgan fingerprint density at radius 1 is 1.16 bits per heavy atom. The second kappa shape index (κ2) is 5.66. The molecular weight excluding hydrogens is 314 g/mol. The van der Waals surface area contributed by atoms with Gasteiger partial charge in [-0.05, 0) is 49.3 Å². The van der Waals surface area contributed by atoms with Crippen LogP contribution in [0.15, 0.2) is 36.9 Å². The molecule has 6 heteroatoms. The molecule has 1 aliphatic heterocycles. The van der Waals surface area contributed by atoms with E-state index in [2.05, 4.69) is 32.4 Å². The van der Waals surface area contributed by atoms with Gasteiger partial charge in [0.15, 0.2) is 0 Å². The Morgan fingerprint density at radius 2 is 1.92 bits per heavy atom. The Morgan fingerprint density at radius 3 is 2.56 bits per heavy atom. The van der Waals surface area contributed by atoms with Crippen molar-refractivity contribution in [1.29, 1.82) is 0 Å². The van der Waals surface area contributed by atoms with E-state index < -0.39 is 0 Å². The fraction of sp³-hybridized carbons (Fsp3) is 0.526. The molecule has 2 saturated carbocycles. The van der Waals surface area contributed by atoms with Crippen molar-refractivity contribution < 1.29 is 4.79 Å². The molecule has 0 bridgehead atoms. The lowest BCUT2D eigenvalue weighted by Gasteiger charge is -2.24. The quantitative estimate of drug-likeness (QED) is 0.931. The van der Waals surface area contributed by atoms with Crippen LogP contribution < -0.4 is 5.32 Å². The monoisotopic (exact) mass is 337 g/mol. The van der Waals surface area contributed by atoms with Crippen molar-refractivity contribution >= 4 is 5.91 Å². The summed E-state index contributed by atoms with van der Waals surface area (Å²) in [7, 11) is 0. The fourth-order valence-corrected chi connectivity index (χ4v) is 4.31. The first-order valence-electron chi connectivity index (χ1n) is 9.29. The summed E-state index contributed by atoms with van der Waals surface area (Å²) in [6.45, 7) is 0.892. The lowest BCUT2D eigenvalue weighted by molar-refractivity contribution is -0.133. The molecule has 1 atom stereocenters. The number of nitrogens with one attached hydrogen (secondary N) is 1. The first-order valence-corrected chi connectivity index (χ1v) is 9.29. The zero-order chi connectivity index (χ0) is 16.9. The van der Waals surface area contributed by atoms with Gasteiger partial charge in [-0.2, -0.15) is 5.10 Å². The van der Waals surface area contributed by atoms with E-state index in [0.29, 0.717) is 11.8 Å². The Hall–Kier alpha value is -2.21. The minimum absolute atomic E-state index is 0.00371. The van der Waals surface area contributed by atoms with Crippen LogP contribution in [0.1, 0.15) is 50.3 Å². The van der Waals surface area contributed by atoms with E-state index in [1.807, 2.05) is 12.1 Å². The van der Waals surface area contributed by atoms with Crippen LogP contribution in [-0.2, 0) is 4.79 Å². The van der Waals surface area contributed by atoms with Crippen molar-refractivity contribution in [3.8, 4) is 5.69 Å². The Balaban J connectivity index is 1.45. The van der Waals surface area contributed by atoms with Gasteiger partial charge in [-0.1, -0.05) is 25.0 Å². The molecule has 3 aliphatic rings. The van der Waals surface area contributed by atoms with Gasteiger partial charge >= 0.3 is 0 Å². The maximum atomic E-state index is 13.2. The molecule has 130 valence electrons. The molecule has 25 heavy (non-hydrogen) atoms. The van der Waals surface area contributed by atoms with Gasteiger partial charge in [0.25, 0.3) is 0 Å². The fourth-order valence-electron chi connectivity index (χ4n) is 4.31. The molecule has 0 radical (unpaired) electrons. The second-order valence-electron chi connectivity index (χ2n) is 7.67. The van der Waals surface area contributed by atoms with E-state index in [1.54, 1.807) is 11.0 Å². The topological polar surface area (TPSA) is 63.1 Å². The normalized spacial score (nSPS) is 25.2. The average molecular weight is 337 g/mol. The summed E-state index contributed by atoms with van der Waals surface area (Å²) < 4.78 is 1.75. The zero-order valence-electron chi connectivity index (χ0n) is 14.3. The van der Waals surface area contributed by atoms with Crippen LogP contribution in [0.5, 0.6) is 0 Å². The number of carbonyl (C=O) groups excluding carboxylic acids is 1. The minimum Gasteiger partial charge on any atom is -0.321 e. The maximum Gasteiger partial charge on any atom is 0.244 e. The summed E-state index contributed by atoms with van der Waals surface area (Å²) in [4.78, 5) is 19.3. The van der Waals surface area contributed by atoms with Gasteiger partial charge in [0.2, 0.25) is 5.91 Å². The SMILES string of the molecule is O=C1N(CC2CC2)[C@@H](c2ccc(-n3cncn3)cc2)NC12CCCC2. The summed E-state index contributed by atoms with van der Waals surface area (Å²) in [5.74, 6) is 1.02. The van der Waals surface area contributed by atoms with E-state index in [4.69, 9.17) is 0 Å². The molecule has 2 heterocycles. The highest BCUT2D eigenvalue weighted by molar-refractivity contribution is 5.89. The van der Waals surface area contributed by atoms with Crippen molar-refractivity contribution in [3.05, 3.63) is 42.5 Å². The Labute approximate surface area is 147 Å². The van der Waals surface area contributed by atoms with E-state index in [1.165, 1.54) is 19.2 Å². The van der Waals surface area contributed by atoms with E-state index in [0.717, 1.165) is 43.5 Å². The smallest absolute Gasteiger partial charge is 0.244 e. The van der Waals surface area contributed by atoms with Crippen LogP contribution in [0.3, 0.4) is 0 Å². The van der Waals surface area contributed by atoms with Crippen LogP contribution in [0, 0.1) is 5.92 Å². The number of aromatic nitrogens is 3. The largest absolute Gasteiger partial charge is 0.321 e. The maximum absolute atomic E-state index is 13.2. The first-order chi connectivity index (χ1) is 12.3. The summed E-state index contributed by atoms with van der Waals surface area (Å²) in [6, 6.07) is 8.31. The third-order valence-electron chi connectivity index (χ3n) is 5.90. The van der Waals surface area contributed by atoms with Crippen molar-refractivity contribution in [1.82, 2.24) is 25.0 Å². The number of hydrogen-bond donors (Lipinski definition) is 1. The standard InChI is InChI=1S/C19H23N5O/c25-18-19(9-1-2-10-19)22-17(23(18)11-14-3-4-14)15-5-7-16(8-6-15)24-13-20-12-21-24/h5-8,12-14,17,22H,1-4,9-11H2/t17-/m0/s1. The predicted molar refractivity (Wildman–Crippen MR) is 92.9 cm³/mol. The van der Waals surface area contributed by atoms with Crippen LogP contribution >= 0.6 is 0 Å². The first kappa shape index (κ1) is 15.1. The summed E-state index contributed by atoms with van der Waals surface area (Å²) in [5, 5.41) is 7.88. The van der Waals surface area contributed by atoms with Gasteiger partial charge in [-0.15, -0.1) is 0 Å². The zero-order valence-corrected chi connectivity index (χ0v) is 14.3. The Kier molecular flexibility index (Phi) is 3.41. The molecule has 3 fully saturated rings. The summed E-state index contributed by atoms with van der Waals surface area (Å²) in [5.41, 5.74) is 1.82. The van der Waals surface area contributed by atoms with Gasteiger partial charge in [-0.3, -0.25) is 10.1 Å². The lowest BCUT2D eigenvalue weighted by atomic mass is 9.98.